The number of carbonyl (C=O) groups is 2. The Bertz CT molecular complexity index is 579. The maximum atomic E-state index is 11.9. The number of anilines is 1. The summed E-state index contributed by atoms with van der Waals surface area (Å²) in [5.41, 5.74) is 0.900. The van der Waals surface area contributed by atoms with Crippen molar-refractivity contribution in [1.29, 1.82) is 0 Å². The van der Waals surface area contributed by atoms with Gasteiger partial charge in [0.2, 0.25) is 5.91 Å². The molecule has 0 heterocycles. The third kappa shape index (κ3) is 5.30. The molecule has 0 radical (unpaired) electrons. The van der Waals surface area contributed by atoms with Crippen LogP contribution in [0.4, 0.5) is 11.4 Å². The van der Waals surface area contributed by atoms with Crippen LogP contribution in [-0.2, 0) is 9.59 Å². The number of amides is 1. The molecule has 2 N–H and O–H groups in total. The Morgan fingerprint density at radius 3 is 2.55 bits per heavy atom. The minimum atomic E-state index is -1.03. The number of carboxylic acid groups (broad SMARTS) is 1. The molecule has 0 aliphatic heterocycles. The van der Waals surface area contributed by atoms with Crippen molar-refractivity contribution in [2.24, 2.45) is 0 Å². The van der Waals surface area contributed by atoms with Gasteiger partial charge < -0.3 is 10.4 Å². The van der Waals surface area contributed by atoms with E-state index in [4.69, 9.17) is 5.11 Å². The molecule has 9 heteroatoms. The normalized spacial score (nSPS) is 11.5. The van der Waals surface area contributed by atoms with Gasteiger partial charge in [-0.3, -0.25) is 24.6 Å². The molecule has 0 fully saturated rings. The molecule has 0 spiro atoms. The molecule has 1 atom stereocenters. The van der Waals surface area contributed by atoms with Gasteiger partial charge in [0, 0.05) is 12.1 Å². The molecular formula is C13H18ClN3O5. The van der Waals surface area contributed by atoms with E-state index in [0.29, 0.717) is 11.3 Å². The molecular weight excluding hydrogens is 314 g/mol. The number of nitrogens with one attached hydrogen (secondary N) is 1. The number of rotatable bonds is 6. The number of hydrogen-bond donors (Lipinski definition) is 2. The van der Waals surface area contributed by atoms with E-state index in [1.807, 2.05) is 0 Å². The van der Waals surface area contributed by atoms with Crippen molar-refractivity contribution in [3.8, 4) is 0 Å². The zero-order chi connectivity index (χ0) is 16.2. The van der Waals surface area contributed by atoms with Gasteiger partial charge in [0.1, 0.15) is 6.04 Å². The second-order valence-corrected chi connectivity index (χ2v) is 4.73. The van der Waals surface area contributed by atoms with E-state index in [1.165, 1.54) is 37.1 Å². The van der Waals surface area contributed by atoms with E-state index in [0.717, 1.165) is 0 Å². The third-order valence-corrected chi connectivity index (χ3v) is 3.12. The number of nitro groups is 1. The number of hydrogen-bond acceptors (Lipinski definition) is 5. The van der Waals surface area contributed by atoms with Crippen LogP contribution in [-0.4, -0.2) is 46.4 Å². The predicted octanol–water partition coefficient (Wildman–Crippen LogP) is 1.67. The summed E-state index contributed by atoms with van der Waals surface area (Å²) in [4.78, 5) is 34.2. The van der Waals surface area contributed by atoms with Crippen LogP contribution >= 0.6 is 12.4 Å². The number of carboxylic acids is 1. The number of nitro benzene ring substituents is 1. The van der Waals surface area contributed by atoms with Crippen LogP contribution in [0.1, 0.15) is 12.5 Å². The first-order valence-electron chi connectivity index (χ1n) is 6.20. The Hall–Kier alpha value is -2.19. The fourth-order valence-electron chi connectivity index (χ4n) is 1.60. The summed E-state index contributed by atoms with van der Waals surface area (Å²) < 4.78 is 0. The summed E-state index contributed by atoms with van der Waals surface area (Å²) in [6.07, 6.45) is 0. The Morgan fingerprint density at radius 1 is 1.45 bits per heavy atom. The average molecular weight is 332 g/mol. The van der Waals surface area contributed by atoms with Gasteiger partial charge in [-0.05, 0) is 26.5 Å². The first-order valence-corrected chi connectivity index (χ1v) is 6.20. The molecule has 0 saturated carbocycles. The van der Waals surface area contributed by atoms with Gasteiger partial charge in [-0.2, -0.15) is 0 Å². The molecule has 0 saturated heterocycles. The van der Waals surface area contributed by atoms with E-state index >= 15 is 0 Å². The summed E-state index contributed by atoms with van der Waals surface area (Å²) in [6, 6.07) is 3.36. The second-order valence-electron chi connectivity index (χ2n) is 4.73. The zero-order valence-electron chi connectivity index (χ0n) is 12.4. The van der Waals surface area contributed by atoms with Crippen molar-refractivity contribution >= 4 is 35.7 Å². The Balaban J connectivity index is 0.00000441. The van der Waals surface area contributed by atoms with Gasteiger partial charge in [0.25, 0.3) is 5.69 Å². The number of halogens is 1. The van der Waals surface area contributed by atoms with Crippen LogP contribution in [0, 0.1) is 17.0 Å². The fraction of sp³-hybridized carbons (Fsp3) is 0.385. The largest absolute Gasteiger partial charge is 0.480 e. The molecule has 0 bridgehead atoms. The Morgan fingerprint density at radius 2 is 2.05 bits per heavy atom. The van der Waals surface area contributed by atoms with Crippen molar-refractivity contribution in [2.45, 2.75) is 19.9 Å². The van der Waals surface area contributed by atoms with Crippen molar-refractivity contribution in [3.05, 3.63) is 33.9 Å². The molecule has 1 aromatic carbocycles. The van der Waals surface area contributed by atoms with Crippen LogP contribution in [0.15, 0.2) is 18.2 Å². The van der Waals surface area contributed by atoms with Gasteiger partial charge in [-0.25, -0.2) is 0 Å². The lowest BCUT2D eigenvalue weighted by Crippen LogP contribution is -2.40. The van der Waals surface area contributed by atoms with E-state index in [9.17, 15) is 19.7 Å². The van der Waals surface area contributed by atoms with Gasteiger partial charge in [-0.1, -0.05) is 6.07 Å². The smallest absolute Gasteiger partial charge is 0.320 e. The van der Waals surface area contributed by atoms with Crippen LogP contribution in [0.25, 0.3) is 0 Å². The number of aryl methyl sites for hydroxylation is 1. The highest BCUT2D eigenvalue weighted by Crippen LogP contribution is 2.21. The molecule has 8 nitrogen and oxygen atoms in total. The lowest BCUT2D eigenvalue weighted by atomic mass is 10.2. The Kier molecular flexibility index (Phi) is 7.47. The minimum absolute atomic E-state index is 0. The van der Waals surface area contributed by atoms with E-state index in [2.05, 4.69) is 5.32 Å². The second kappa shape index (κ2) is 8.30. The number of likely N-dealkylation sites (N-methyl/N-ethyl adjacent to an activating group) is 1. The van der Waals surface area contributed by atoms with E-state index < -0.39 is 22.8 Å². The highest BCUT2D eigenvalue weighted by atomic mass is 35.5. The molecule has 0 aliphatic carbocycles. The fourth-order valence-corrected chi connectivity index (χ4v) is 1.60. The molecule has 22 heavy (non-hydrogen) atoms. The lowest BCUT2D eigenvalue weighted by molar-refractivity contribution is -0.384. The predicted molar refractivity (Wildman–Crippen MR) is 83.4 cm³/mol. The summed E-state index contributed by atoms with van der Waals surface area (Å²) >= 11 is 0. The maximum Gasteiger partial charge on any atom is 0.320 e. The minimum Gasteiger partial charge on any atom is -0.480 e. The summed E-state index contributed by atoms with van der Waals surface area (Å²) in [6.45, 7) is 3.05. The summed E-state index contributed by atoms with van der Waals surface area (Å²) in [5, 5.41) is 22.1. The average Bonchev–Trinajstić information content (AvgIpc) is 2.39. The van der Waals surface area contributed by atoms with E-state index in [-0.39, 0.29) is 24.6 Å². The van der Waals surface area contributed by atoms with Gasteiger partial charge in [-0.15, -0.1) is 12.4 Å². The highest BCUT2D eigenvalue weighted by Gasteiger charge is 2.19. The van der Waals surface area contributed by atoms with Crippen LogP contribution < -0.4 is 5.32 Å². The number of non-ortho nitro benzene ring substituents is 1. The molecule has 1 unspecified atom stereocenters. The quantitative estimate of drug-likeness (QED) is 0.605. The maximum absolute atomic E-state index is 11.9. The first-order chi connectivity index (χ1) is 9.72. The molecule has 0 aliphatic rings. The van der Waals surface area contributed by atoms with E-state index in [1.54, 1.807) is 6.92 Å². The van der Waals surface area contributed by atoms with Gasteiger partial charge in [0.15, 0.2) is 0 Å². The van der Waals surface area contributed by atoms with Crippen molar-refractivity contribution in [2.75, 3.05) is 18.9 Å². The van der Waals surface area contributed by atoms with Crippen LogP contribution in [0.3, 0.4) is 0 Å². The van der Waals surface area contributed by atoms with Crippen molar-refractivity contribution < 1.29 is 19.6 Å². The highest BCUT2D eigenvalue weighted by molar-refractivity contribution is 5.93. The molecule has 0 aromatic heterocycles. The van der Waals surface area contributed by atoms with Crippen LogP contribution in [0.2, 0.25) is 0 Å². The summed E-state index contributed by atoms with van der Waals surface area (Å²) in [5.74, 6) is -1.47. The molecule has 1 rings (SSSR count). The van der Waals surface area contributed by atoms with Crippen molar-refractivity contribution in [3.63, 3.8) is 0 Å². The van der Waals surface area contributed by atoms with Gasteiger partial charge >= 0.3 is 5.97 Å². The van der Waals surface area contributed by atoms with Crippen molar-refractivity contribution in [1.82, 2.24) is 4.90 Å². The van der Waals surface area contributed by atoms with Gasteiger partial charge in [0.05, 0.1) is 17.2 Å². The first kappa shape index (κ1) is 19.8. The molecule has 1 amide bonds. The standard InChI is InChI=1S/C13H17N3O5.ClH/c1-8-4-5-10(16(20)21)6-11(8)14-12(17)7-15(3)9(2)13(18)19;/h4-6,9H,7H2,1-3H3,(H,14,17)(H,18,19);1H. The van der Waals surface area contributed by atoms with Crippen LogP contribution in [0.5, 0.6) is 0 Å². The Labute approximate surface area is 133 Å². The number of benzene rings is 1. The zero-order valence-corrected chi connectivity index (χ0v) is 13.2. The third-order valence-electron chi connectivity index (χ3n) is 3.12. The topological polar surface area (TPSA) is 113 Å². The monoisotopic (exact) mass is 331 g/mol. The molecule has 1 aromatic rings. The number of aliphatic carboxylic acids is 1. The lowest BCUT2D eigenvalue weighted by Gasteiger charge is -2.20. The molecule has 122 valence electrons. The SMILES string of the molecule is Cc1ccc([N+](=O)[O-])cc1NC(=O)CN(C)C(C)C(=O)O.Cl. The number of nitrogens with zero attached hydrogens (tertiary/aromatic N) is 2. The number of carbonyl (C=O) groups excluding carboxylic acids is 1. The summed E-state index contributed by atoms with van der Waals surface area (Å²) in [7, 11) is 1.51.